The average Bonchev–Trinajstić information content (AvgIpc) is 2.84. The second-order valence-corrected chi connectivity index (χ2v) is 8.32. The molecule has 1 aromatic heterocycles. The quantitative estimate of drug-likeness (QED) is 0.305. The number of nitrogens with one attached hydrogen (secondary N) is 2. The summed E-state index contributed by atoms with van der Waals surface area (Å²) in [6.45, 7) is 1.73. The number of rotatable bonds is 8. The van der Waals surface area contributed by atoms with Crippen LogP contribution in [0.3, 0.4) is 0 Å². The van der Waals surface area contributed by atoms with Gasteiger partial charge in [0.2, 0.25) is 5.91 Å². The van der Waals surface area contributed by atoms with Gasteiger partial charge < -0.3 is 24.8 Å². The normalized spacial score (nSPS) is 16.0. The molecule has 1 saturated heterocycles. The lowest BCUT2D eigenvalue weighted by molar-refractivity contribution is -0.112. The number of amides is 1. The maximum atomic E-state index is 13.5. The summed E-state index contributed by atoms with van der Waals surface area (Å²) in [7, 11) is 0. The Morgan fingerprint density at radius 2 is 2.18 bits per heavy atom. The van der Waals surface area contributed by atoms with Crippen molar-refractivity contribution >= 4 is 61.5 Å². The zero-order chi connectivity index (χ0) is 23.9. The lowest BCUT2D eigenvalue weighted by Gasteiger charge is -2.23. The third-order valence-electron chi connectivity index (χ3n) is 4.84. The highest BCUT2D eigenvalue weighted by molar-refractivity contribution is 9.09. The standard InChI is InChI=1S/C23H21BrClFN4O4/c24-5-1-2-22(31)30-20-9-16-19(10-21(20)34-12-15-11-32-6-7-33-15)27-13-28-23(16)29-14-3-4-18(26)17(25)8-14/h1-4,8-10,13,15H,5-7,11-12H2,(H,30,31)(H,27,28,29)/t15-/m1/s1. The van der Waals surface area contributed by atoms with E-state index in [0.29, 0.717) is 59.0 Å². The Labute approximate surface area is 208 Å². The topological polar surface area (TPSA) is 94.6 Å². The van der Waals surface area contributed by atoms with Gasteiger partial charge in [-0.1, -0.05) is 33.6 Å². The smallest absolute Gasteiger partial charge is 0.248 e. The largest absolute Gasteiger partial charge is 0.489 e. The third-order valence-corrected chi connectivity index (χ3v) is 5.51. The molecule has 2 heterocycles. The number of anilines is 3. The summed E-state index contributed by atoms with van der Waals surface area (Å²) in [5, 5.41) is 7.10. The molecule has 1 amide bonds. The number of benzene rings is 2. The minimum Gasteiger partial charge on any atom is -0.489 e. The number of hydrogen-bond acceptors (Lipinski definition) is 7. The van der Waals surface area contributed by atoms with E-state index >= 15 is 0 Å². The van der Waals surface area contributed by atoms with E-state index in [-0.39, 0.29) is 23.6 Å². The highest BCUT2D eigenvalue weighted by Crippen LogP contribution is 2.34. The molecule has 2 aromatic carbocycles. The molecule has 178 valence electrons. The molecule has 2 N–H and O–H groups in total. The van der Waals surface area contributed by atoms with Crippen molar-refractivity contribution < 1.29 is 23.4 Å². The van der Waals surface area contributed by atoms with E-state index in [9.17, 15) is 9.18 Å². The number of alkyl halides is 1. The first-order valence-corrected chi connectivity index (χ1v) is 11.9. The number of carbonyl (C=O) groups is 1. The second kappa shape index (κ2) is 11.6. The van der Waals surface area contributed by atoms with Crippen LogP contribution < -0.4 is 15.4 Å². The Bertz CT molecular complexity index is 1210. The van der Waals surface area contributed by atoms with E-state index in [1.807, 2.05) is 0 Å². The summed E-state index contributed by atoms with van der Waals surface area (Å²) in [6.07, 6.45) is 4.28. The Hall–Kier alpha value is -2.79. The number of ether oxygens (including phenoxy) is 3. The Balaban J connectivity index is 1.66. The lowest BCUT2D eigenvalue weighted by Crippen LogP contribution is -2.33. The lowest BCUT2D eigenvalue weighted by atomic mass is 10.1. The molecule has 1 fully saturated rings. The zero-order valence-electron chi connectivity index (χ0n) is 17.9. The molecular formula is C23H21BrClFN4O4. The first-order valence-electron chi connectivity index (χ1n) is 10.4. The van der Waals surface area contributed by atoms with Crippen molar-refractivity contribution in [1.29, 1.82) is 0 Å². The zero-order valence-corrected chi connectivity index (χ0v) is 20.2. The monoisotopic (exact) mass is 550 g/mol. The van der Waals surface area contributed by atoms with Crippen LogP contribution in [0.5, 0.6) is 5.75 Å². The van der Waals surface area contributed by atoms with Gasteiger partial charge in [-0.3, -0.25) is 4.79 Å². The van der Waals surface area contributed by atoms with Crippen LogP contribution in [0.15, 0.2) is 48.8 Å². The van der Waals surface area contributed by atoms with E-state index in [1.54, 1.807) is 24.3 Å². The van der Waals surface area contributed by atoms with Crippen molar-refractivity contribution in [2.75, 3.05) is 42.4 Å². The maximum absolute atomic E-state index is 13.5. The van der Waals surface area contributed by atoms with Crippen molar-refractivity contribution in [2.45, 2.75) is 6.10 Å². The molecule has 3 aromatic rings. The Kier molecular flexibility index (Phi) is 8.28. The number of halogens is 3. The number of carbonyl (C=O) groups excluding carboxylic acids is 1. The molecule has 1 atom stereocenters. The van der Waals surface area contributed by atoms with Crippen LogP contribution in [0.1, 0.15) is 0 Å². The van der Waals surface area contributed by atoms with Crippen LogP contribution >= 0.6 is 27.5 Å². The molecule has 0 saturated carbocycles. The molecular weight excluding hydrogens is 531 g/mol. The van der Waals surface area contributed by atoms with E-state index in [4.69, 9.17) is 25.8 Å². The number of hydrogen-bond donors (Lipinski definition) is 2. The van der Waals surface area contributed by atoms with Gasteiger partial charge in [0.1, 0.15) is 36.4 Å². The second-order valence-electron chi connectivity index (χ2n) is 7.27. The minimum atomic E-state index is -0.518. The van der Waals surface area contributed by atoms with E-state index in [0.717, 1.165) is 0 Å². The van der Waals surface area contributed by atoms with Crippen LogP contribution in [0.2, 0.25) is 5.02 Å². The summed E-state index contributed by atoms with van der Waals surface area (Å²) >= 11 is 9.16. The molecule has 1 aliphatic rings. The van der Waals surface area contributed by atoms with Gasteiger partial charge in [0.25, 0.3) is 0 Å². The van der Waals surface area contributed by atoms with Crippen LogP contribution in [-0.2, 0) is 14.3 Å². The fourth-order valence-electron chi connectivity index (χ4n) is 3.25. The van der Waals surface area contributed by atoms with Crippen molar-refractivity contribution in [3.05, 3.63) is 59.7 Å². The summed E-state index contributed by atoms with van der Waals surface area (Å²) in [5.41, 5.74) is 1.56. The number of nitrogens with zero attached hydrogens (tertiary/aromatic N) is 2. The van der Waals surface area contributed by atoms with Crippen molar-refractivity contribution in [1.82, 2.24) is 9.97 Å². The molecule has 11 heteroatoms. The molecule has 0 bridgehead atoms. The fraction of sp³-hybridized carbons (Fsp3) is 0.261. The molecule has 1 aliphatic heterocycles. The van der Waals surface area contributed by atoms with Gasteiger partial charge in [-0.25, -0.2) is 14.4 Å². The number of allylic oxidation sites excluding steroid dienone is 1. The minimum absolute atomic E-state index is 0.0144. The summed E-state index contributed by atoms with van der Waals surface area (Å²) in [6, 6.07) is 7.71. The van der Waals surface area contributed by atoms with Crippen LogP contribution in [0, 0.1) is 5.82 Å². The maximum Gasteiger partial charge on any atom is 0.248 e. The molecule has 0 aliphatic carbocycles. The van der Waals surface area contributed by atoms with E-state index in [1.165, 1.54) is 24.5 Å². The molecule has 0 unspecified atom stereocenters. The number of fused-ring (bicyclic) bond motifs is 1. The van der Waals surface area contributed by atoms with Gasteiger partial charge in [-0.2, -0.15) is 0 Å². The van der Waals surface area contributed by atoms with Gasteiger partial charge in [-0.05, 0) is 24.3 Å². The number of aromatic nitrogens is 2. The fourth-order valence-corrected chi connectivity index (χ4v) is 3.62. The highest BCUT2D eigenvalue weighted by Gasteiger charge is 2.18. The van der Waals surface area contributed by atoms with E-state index in [2.05, 4.69) is 36.5 Å². The average molecular weight is 552 g/mol. The predicted molar refractivity (Wildman–Crippen MR) is 132 cm³/mol. The predicted octanol–water partition coefficient (Wildman–Crippen LogP) is 4.85. The van der Waals surface area contributed by atoms with Gasteiger partial charge in [0.15, 0.2) is 0 Å². The summed E-state index contributed by atoms with van der Waals surface area (Å²) < 4.78 is 30.6. The van der Waals surface area contributed by atoms with E-state index < -0.39 is 5.82 Å². The summed E-state index contributed by atoms with van der Waals surface area (Å²) in [4.78, 5) is 21.0. The van der Waals surface area contributed by atoms with Crippen molar-refractivity contribution in [3.8, 4) is 5.75 Å². The van der Waals surface area contributed by atoms with Gasteiger partial charge in [0.05, 0.1) is 36.0 Å². The van der Waals surface area contributed by atoms with Gasteiger partial charge >= 0.3 is 0 Å². The molecule has 8 nitrogen and oxygen atoms in total. The summed E-state index contributed by atoms with van der Waals surface area (Å²) in [5.74, 6) is 0.0412. The first kappa shape index (κ1) is 24.3. The van der Waals surface area contributed by atoms with Gasteiger partial charge in [-0.15, -0.1) is 0 Å². The van der Waals surface area contributed by atoms with Crippen molar-refractivity contribution in [2.24, 2.45) is 0 Å². The molecule has 0 radical (unpaired) electrons. The van der Waals surface area contributed by atoms with Crippen LogP contribution in [0.4, 0.5) is 21.6 Å². The van der Waals surface area contributed by atoms with Crippen LogP contribution in [0.25, 0.3) is 10.9 Å². The molecule has 34 heavy (non-hydrogen) atoms. The van der Waals surface area contributed by atoms with Crippen molar-refractivity contribution in [3.63, 3.8) is 0 Å². The SMILES string of the molecule is O=C(C=CCBr)Nc1cc2c(Nc3ccc(F)c(Cl)c3)ncnc2cc1OC[C@H]1COCCO1. The molecule has 4 rings (SSSR count). The third kappa shape index (κ3) is 6.20. The van der Waals surface area contributed by atoms with Gasteiger partial charge in [0, 0.05) is 28.5 Å². The Morgan fingerprint density at radius 1 is 1.29 bits per heavy atom. The highest BCUT2D eigenvalue weighted by atomic mass is 79.9. The Morgan fingerprint density at radius 3 is 2.94 bits per heavy atom. The first-order chi connectivity index (χ1) is 16.5. The molecule has 0 spiro atoms. The van der Waals surface area contributed by atoms with Crippen LogP contribution in [-0.4, -0.2) is 53.7 Å².